The van der Waals surface area contributed by atoms with Gasteiger partial charge >= 0.3 is 0 Å². The summed E-state index contributed by atoms with van der Waals surface area (Å²) in [7, 11) is 0. The molecule has 2 N–H and O–H groups in total. The quantitative estimate of drug-likeness (QED) is 0.683. The van der Waals surface area contributed by atoms with Crippen LogP contribution in [0.5, 0.6) is 0 Å². The molecule has 1 aromatic carbocycles. The molecule has 158 valence electrons. The summed E-state index contributed by atoms with van der Waals surface area (Å²) in [5.41, 5.74) is 1.24. The Balaban J connectivity index is 1.52. The Morgan fingerprint density at radius 3 is 2.48 bits per heavy atom. The highest BCUT2D eigenvalue weighted by Crippen LogP contribution is 2.27. The first-order valence-corrected chi connectivity index (χ1v) is 11.4. The van der Waals surface area contributed by atoms with Gasteiger partial charge in [-0.15, -0.1) is 0 Å². The Hall–Kier alpha value is -1.95. The largest absolute Gasteiger partial charge is 0.339 e. The molecule has 3 rings (SSSR count). The van der Waals surface area contributed by atoms with E-state index in [9.17, 15) is 9.59 Å². The summed E-state index contributed by atoms with van der Waals surface area (Å²) in [5.74, 6) is 1.30. The van der Waals surface area contributed by atoms with E-state index in [0.717, 1.165) is 32.4 Å². The van der Waals surface area contributed by atoms with Crippen molar-refractivity contribution >= 4 is 34.8 Å². The summed E-state index contributed by atoms with van der Waals surface area (Å²) >= 11 is 5.33. The molecule has 2 fully saturated rings. The smallest absolute Gasteiger partial charge is 0.255 e. The fraction of sp³-hybridized carbons (Fsp3) is 0.609. The number of hydrogen-bond acceptors (Lipinski definition) is 3. The normalized spacial score (nSPS) is 18.3. The van der Waals surface area contributed by atoms with Crippen LogP contribution in [0.1, 0.15) is 75.1 Å². The van der Waals surface area contributed by atoms with Crippen molar-refractivity contribution in [3.05, 3.63) is 29.8 Å². The number of rotatable bonds is 5. The van der Waals surface area contributed by atoms with Crippen LogP contribution in [0.2, 0.25) is 0 Å². The summed E-state index contributed by atoms with van der Waals surface area (Å²) in [5, 5.41) is 6.09. The predicted octanol–water partition coefficient (Wildman–Crippen LogP) is 4.73. The molecule has 0 radical (unpaired) electrons. The fourth-order valence-electron chi connectivity index (χ4n) is 4.31. The van der Waals surface area contributed by atoms with Crippen molar-refractivity contribution in [2.75, 3.05) is 18.4 Å². The van der Waals surface area contributed by atoms with Crippen LogP contribution < -0.4 is 10.6 Å². The summed E-state index contributed by atoms with van der Waals surface area (Å²) in [4.78, 5) is 27.1. The Morgan fingerprint density at radius 2 is 1.76 bits per heavy atom. The van der Waals surface area contributed by atoms with E-state index in [4.69, 9.17) is 12.2 Å². The minimum Gasteiger partial charge on any atom is -0.339 e. The van der Waals surface area contributed by atoms with E-state index in [1.807, 2.05) is 29.2 Å². The molecule has 1 aromatic rings. The maximum Gasteiger partial charge on any atom is 0.255 e. The molecule has 0 spiro atoms. The number of carbonyl (C=O) groups excluding carboxylic acids is 2. The van der Waals surface area contributed by atoms with Crippen molar-refractivity contribution in [3.8, 4) is 0 Å². The van der Waals surface area contributed by atoms with Crippen molar-refractivity contribution in [1.82, 2.24) is 10.2 Å². The zero-order valence-electron chi connectivity index (χ0n) is 17.4. The number of amides is 2. The number of nitrogens with zero attached hydrogens (tertiary/aromatic N) is 1. The number of likely N-dealkylation sites (tertiary alicyclic amines) is 1. The monoisotopic (exact) mass is 415 g/mol. The molecule has 1 aliphatic carbocycles. The molecule has 2 amide bonds. The van der Waals surface area contributed by atoms with E-state index in [1.165, 1.54) is 32.1 Å². The molecule has 1 saturated carbocycles. The van der Waals surface area contributed by atoms with Crippen LogP contribution in [0.3, 0.4) is 0 Å². The van der Waals surface area contributed by atoms with Crippen LogP contribution in [0, 0.1) is 11.8 Å². The van der Waals surface area contributed by atoms with Gasteiger partial charge in [0.05, 0.1) is 11.3 Å². The van der Waals surface area contributed by atoms with E-state index in [2.05, 4.69) is 17.6 Å². The first kappa shape index (κ1) is 21.8. The Bertz CT molecular complexity index is 723. The summed E-state index contributed by atoms with van der Waals surface area (Å²) in [6.07, 6.45) is 9.87. The highest BCUT2D eigenvalue weighted by atomic mass is 32.1. The van der Waals surface area contributed by atoms with Crippen LogP contribution in [0.4, 0.5) is 5.69 Å². The van der Waals surface area contributed by atoms with E-state index < -0.39 is 0 Å². The number of piperidine rings is 1. The van der Waals surface area contributed by atoms with Gasteiger partial charge in [-0.3, -0.25) is 9.59 Å². The highest BCUT2D eigenvalue weighted by Gasteiger charge is 2.23. The van der Waals surface area contributed by atoms with Crippen LogP contribution in [0.25, 0.3) is 0 Å². The second-order valence-corrected chi connectivity index (χ2v) is 8.97. The van der Waals surface area contributed by atoms with Gasteiger partial charge in [0.2, 0.25) is 5.91 Å². The summed E-state index contributed by atoms with van der Waals surface area (Å²) in [6.45, 7) is 3.81. The molecule has 1 heterocycles. The standard InChI is InChI=1S/C23H33N3O2S/c1-17-13-15-26(16-14-17)22(28)19-9-5-6-10-20(19)24-23(29)25-21(27)12-11-18-7-3-2-4-8-18/h5-6,9-10,17-18H,2-4,7-8,11-16H2,1H3,(H2,24,25,27,29). The van der Waals surface area contributed by atoms with Crippen LogP contribution in [0.15, 0.2) is 24.3 Å². The minimum absolute atomic E-state index is 0.0198. The van der Waals surface area contributed by atoms with Crippen molar-refractivity contribution in [2.24, 2.45) is 11.8 Å². The van der Waals surface area contributed by atoms with E-state index in [1.54, 1.807) is 0 Å². The Morgan fingerprint density at radius 1 is 1.07 bits per heavy atom. The molecule has 0 atom stereocenters. The number of thiocarbonyl (C=S) groups is 1. The molecule has 1 saturated heterocycles. The molecular weight excluding hydrogens is 382 g/mol. The molecule has 0 bridgehead atoms. The van der Waals surface area contributed by atoms with Gasteiger partial charge in [-0.1, -0.05) is 51.2 Å². The lowest BCUT2D eigenvalue weighted by molar-refractivity contribution is -0.120. The molecular formula is C23H33N3O2S. The van der Waals surface area contributed by atoms with Gasteiger partial charge in [-0.2, -0.15) is 0 Å². The second kappa shape index (κ2) is 10.7. The summed E-state index contributed by atoms with van der Waals surface area (Å²) < 4.78 is 0. The maximum absolute atomic E-state index is 13.0. The molecule has 6 heteroatoms. The number of para-hydroxylation sites is 1. The van der Waals surface area contributed by atoms with Gasteiger partial charge in [-0.05, 0) is 55.4 Å². The Labute approximate surface area is 179 Å². The van der Waals surface area contributed by atoms with Crippen LogP contribution in [-0.4, -0.2) is 34.9 Å². The third-order valence-corrected chi connectivity index (χ3v) is 6.44. The minimum atomic E-state index is -0.0538. The lowest BCUT2D eigenvalue weighted by Gasteiger charge is -2.31. The molecule has 2 aliphatic rings. The molecule has 1 aliphatic heterocycles. The predicted molar refractivity (Wildman–Crippen MR) is 121 cm³/mol. The molecule has 29 heavy (non-hydrogen) atoms. The third-order valence-electron chi connectivity index (χ3n) is 6.23. The number of nitrogens with one attached hydrogen (secondary N) is 2. The van der Waals surface area contributed by atoms with Crippen molar-refractivity contribution in [1.29, 1.82) is 0 Å². The first-order valence-electron chi connectivity index (χ1n) is 11.0. The maximum atomic E-state index is 13.0. The average Bonchev–Trinajstić information content (AvgIpc) is 2.73. The van der Waals surface area contributed by atoms with E-state index in [0.29, 0.717) is 29.5 Å². The van der Waals surface area contributed by atoms with Crippen LogP contribution >= 0.6 is 12.2 Å². The van der Waals surface area contributed by atoms with Gasteiger partial charge in [-0.25, -0.2) is 0 Å². The third kappa shape index (κ3) is 6.53. The van der Waals surface area contributed by atoms with Gasteiger partial charge in [0.1, 0.15) is 0 Å². The van der Waals surface area contributed by atoms with E-state index >= 15 is 0 Å². The molecule has 0 aromatic heterocycles. The zero-order chi connectivity index (χ0) is 20.6. The van der Waals surface area contributed by atoms with Crippen molar-refractivity contribution in [2.45, 2.75) is 64.7 Å². The van der Waals surface area contributed by atoms with Gasteiger partial charge in [0.15, 0.2) is 5.11 Å². The Kier molecular flexibility index (Phi) is 8.04. The van der Waals surface area contributed by atoms with E-state index in [-0.39, 0.29) is 16.9 Å². The topological polar surface area (TPSA) is 61.4 Å². The molecule has 0 unspecified atom stereocenters. The lowest BCUT2D eigenvalue weighted by atomic mass is 9.86. The highest BCUT2D eigenvalue weighted by molar-refractivity contribution is 7.80. The lowest BCUT2D eigenvalue weighted by Crippen LogP contribution is -2.39. The van der Waals surface area contributed by atoms with Gasteiger partial charge in [0, 0.05) is 19.5 Å². The SMILES string of the molecule is CC1CCN(C(=O)c2ccccc2NC(=S)NC(=O)CCC2CCCCC2)CC1. The van der Waals surface area contributed by atoms with Gasteiger partial charge in [0.25, 0.3) is 5.91 Å². The number of anilines is 1. The van der Waals surface area contributed by atoms with Crippen molar-refractivity contribution < 1.29 is 9.59 Å². The van der Waals surface area contributed by atoms with Crippen LogP contribution in [-0.2, 0) is 4.79 Å². The first-order chi connectivity index (χ1) is 14.0. The number of carbonyl (C=O) groups is 2. The van der Waals surface area contributed by atoms with Gasteiger partial charge < -0.3 is 15.5 Å². The summed E-state index contributed by atoms with van der Waals surface area (Å²) in [6, 6.07) is 7.37. The fourth-order valence-corrected chi connectivity index (χ4v) is 4.54. The van der Waals surface area contributed by atoms with Crippen molar-refractivity contribution in [3.63, 3.8) is 0 Å². The second-order valence-electron chi connectivity index (χ2n) is 8.57. The average molecular weight is 416 g/mol. The number of hydrogen-bond donors (Lipinski definition) is 2. The molecule has 5 nitrogen and oxygen atoms in total. The zero-order valence-corrected chi connectivity index (χ0v) is 18.2. The number of benzene rings is 1.